The van der Waals surface area contributed by atoms with Crippen LogP contribution in [0.2, 0.25) is 0 Å². The molecule has 1 aromatic heterocycles. The maximum Gasteiger partial charge on any atom is 0.253 e. The molecule has 6 heteroatoms. The lowest BCUT2D eigenvalue weighted by Crippen LogP contribution is -2.33. The molecule has 1 saturated heterocycles. The van der Waals surface area contributed by atoms with Crippen LogP contribution < -0.4 is 5.32 Å². The van der Waals surface area contributed by atoms with Crippen LogP contribution in [-0.2, 0) is 9.53 Å². The van der Waals surface area contributed by atoms with Crippen LogP contribution in [-0.4, -0.2) is 23.6 Å². The van der Waals surface area contributed by atoms with Crippen molar-refractivity contribution in [2.24, 2.45) is 0 Å². The Bertz CT molecular complexity index is 420. The van der Waals surface area contributed by atoms with Gasteiger partial charge in [-0.2, -0.15) is 13.8 Å². The van der Waals surface area contributed by atoms with Gasteiger partial charge in [0.15, 0.2) is 0 Å². The summed E-state index contributed by atoms with van der Waals surface area (Å²) < 4.78 is 31.0. The Morgan fingerprint density at radius 1 is 1.41 bits per heavy atom. The van der Waals surface area contributed by atoms with Crippen molar-refractivity contribution in [3.8, 4) is 0 Å². The number of nitrogens with one attached hydrogen (secondary N) is 1. The van der Waals surface area contributed by atoms with Crippen LogP contribution in [0.3, 0.4) is 0 Å². The topological polar surface area (TPSA) is 51.2 Å². The summed E-state index contributed by atoms with van der Waals surface area (Å²) in [5, 5.41) is 2.34. The summed E-state index contributed by atoms with van der Waals surface area (Å²) in [4.78, 5) is 14.7. The first kappa shape index (κ1) is 11.9. The van der Waals surface area contributed by atoms with Gasteiger partial charge >= 0.3 is 0 Å². The highest BCUT2D eigenvalue weighted by atomic mass is 19.1. The van der Waals surface area contributed by atoms with E-state index in [1.807, 2.05) is 0 Å². The minimum Gasteiger partial charge on any atom is -0.368 e. The molecule has 1 aromatic rings. The quantitative estimate of drug-likeness (QED) is 0.805. The van der Waals surface area contributed by atoms with Gasteiger partial charge < -0.3 is 10.1 Å². The molecule has 1 N–H and O–H groups in total. The Morgan fingerprint density at radius 2 is 2.24 bits per heavy atom. The molecule has 1 fully saturated rings. The van der Waals surface area contributed by atoms with Gasteiger partial charge in [0.25, 0.3) is 5.91 Å². The van der Waals surface area contributed by atoms with Gasteiger partial charge in [0, 0.05) is 6.61 Å². The Hall–Kier alpha value is -1.56. The third-order valence-corrected chi connectivity index (χ3v) is 2.54. The minimum atomic E-state index is -1.03. The van der Waals surface area contributed by atoms with Gasteiger partial charge in [0.05, 0.1) is 5.69 Å². The van der Waals surface area contributed by atoms with E-state index in [9.17, 15) is 13.6 Å². The van der Waals surface area contributed by atoms with Crippen LogP contribution in [0.5, 0.6) is 0 Å². The number of halogens is 2. The van der Waals surface area contributed by atoms with E-state index in [1.165, 1.54) is 0 Å². The predicted octanol–water partition coefficient (Wildman–Crippen LogP) is 1.87. The average Bonchev–Trinajstić information content (AvgIpc) is 2.34. The molecule has 0 aliphatic carbocycles. The number of carbonyl (C=O) groups is 1. The SMILES string of the molecule is O=C(Nc1ccc(F)nc1F)C1CCCCO1. The lowest BCUT2D eigenvalue weighted by molar-refractivity contribution is -0.130. The van der Waals surface area contributed by atoms with Crippen molar-refractivity contribution in [3.05, 3.63) is 24.0 Å². The summed E-state index contributed by atoms with van der Waals surface area (Å²) in [5.74, 6) is -2.37. The summed E-state index contributed by atoms with van der Waals surface area (Å²) >= 11 is 0. The number of hydrogen-bond acceptors (Lipinski definition) is 3. The van der Waals surface area contributed by atoms with Gasteiger partial charge in [-0.15, -0.1) is 0 Å². The molecule has 0 bridgehead atoms. The number of amides is 1. The molecular formula is C11H12F2N2O2. The molecule has 17 heavy (non-hydrogen) atoms. The number of pyridine rings is 1. The highest BCUT2D eigenvalue weighted by Gasteiger charge is 2.22. The van der Waals surface area contributed by atoms with Gasteiger partial charge in [-0.1, -0.05) is 0 Å². The fourth-order valence-electron chi connectivity index (χ4n) is 1.67. The molecule has 1 aliphatic rings. The first-order chi connectivity index (χ1) is 8.16. The molecule has 2 heterocycles. The van der Waals surface area contributed by atoms with Crippen LogP contribution in [0.25, 0.3) is 0 Å². The van der Waals surface area contributed by atoms with Gasteiger partial charge in [0.2, 0.25) is 11.9 Å². The zero-order chi connectivity index (χ0) is 12.3. The fraction of sp³-hybridized carbons (Fsp3) is 0.455. The lowest BCUT2D eigenvalue weighted by atomic mass is 10.1. The number of aromatic nitrogens is 1. The van der Waals surface area contributed by atoms with Crippen LogP contribution in [0, 0.1) is 11.9 Å². The summed E-state index contributed by atoms with van der Waals surface area (Å²) in [6, 6.07) is 2.12. The molecule has 1 amide bonds. The van der Waals surface area contributed by atoms with Crippen LogP contribution in [0.4, 0.5) is 14.5 Å². The second kappa shape index (κ2) is 5.18. The van der Waals surface area contributed by atoms with Crippen molar-refractivity contribution in [2.75, 3.05) is 11.9 Å². The maximum absolute atomic E-state index is 13.2. The third kappa shape index (κ3) is 2.97. The van der Waals surface area contributed by atoms with Gasteiger partial charge in [0.1, 0.15) is 6.10 Å². The van der Waals surface area contributed by atoms with E-state index >= 15 is 0 Å². The van der Waals surface area contributed by atoms with Gasteiger partial charge in [-0.05, 0) is 31.4 Å². The first-order valence-electron chi connectivity index (χ1n) is 5.41. The Labute approximate surface area is 97.0 Å². The van der Waals surface area contributed by atoms with E-state index < -0.39 is 23.9 Å². The van der Waals surface area contributed by atoms with E-state index in [0.29, 0.717) is 13.0 Å². The van der Waals surface area contributed by atoms with Crippen molar-refractivity contribution < 1.29 is 18.3 Å². The second-order valence-electron chi connectivity index (χ2n) is 3.82. The first-order valence-corrected chi connectivity index (χ1v) is 5.41. The van der Waals surface area contributed by atoms with Crippen LogP contribution in [0.1, 0.15) is 19.3 Å². The van der Waals surface area contributed by atoms with E-state index in [2.05, 4.69) is 10.3 Å². The molecule has 1 aliphatic heterocycles. The number of nitrogens with zero attached hydrogens (tertiary/aromatic N) is 1. The van der Waals surface area contributed by atoms with Crippen molar-refractivity contribution >= 4 is 11.6 Å². The third-order valence-electron chi connectivity index (χ3n) is 2.54. The van der Waals surface area contributed by atoms with Crippen molar-refractivity contribution in [2.45, 2.75) is 25.4 Å². The van der Waals surface area contributed by atoms with E-state index in [4.69, 9.17) is 4.74 Å². The number of carbonyl (C=O) groups excluding carboxylic acids is 1. The molecule has 0 aromatic carbocycles. The summed E-state index contributed by atoms with van der Waals surface area (Å²) in [6.07, 6.45) is 1.88. The predicted molar refractivity (Wildman–Crippen MR) is 56.4 cm³/mol. The average molecular weight is 242 g/mol. The Morgan fingerprint density at radius 3 is 2.88 bits per heavy atom. The zero-order valence-corrected chi connectivity index (χ0v) is 9.08. The molecule has 1 unspecified atom stereocenters. The Balaban J connectivity index is 2.02. The number of anilines is 1. The summed E-state index contributed by atoms with van der Waals surface area (Å²) in [5.41, 5.74) is -0.134. The highest BCUT2D eigenvalue weighted by Crippen LogP contribution is 2.16. The molecular weight excluding hydrogens is 230 g/mol. The standard InChI is InChI=1S/C11H12F2N2O2/c12-9-5-4-7(10(13)15-9)14-11(16)8-3-1-2-6-17-8/h4-5,8H,1-3,6H2,(H,14,16). The molecule has 2 rings (SSSR count). The summed E-state index contributed by atoms with van der Waals surface area (Å²) in [7, 11) is 0. The Kier molecular flexibility index (Phi) is 3.63. The van der Waals surface area contributed by atoms with Gasteiger partial charge in [-0.3, -0.25) is 4.79 Å². The summed E-state index contributed by atoms with van der Waals surface area (Å²) in [6.45, 7) is 0.530. The second-order valence-corrected chi connectivity index (χ2v) is 3.82. The number of hydrogen-bond donors (Lipinski definition) is 1. The normalized spacial score (nSPS) is 20.0. The van der Waals surface area contributed by atoms with Crippen LogP contribution in [0.15, 0.2) is 12.1 Å². The molecule has 92 valence electrons. The molecule has 1 atom stereocenters. The van der Waals surface area contributed by atoms with Gasteiger partial charge in [-0.25, -0.2) is 0 Å². The monoisotopic (exact) mass is 242 g/mol. The van der Waals surface area contributed by atoms with Crippen LogP contribution >= 0.6 is 0 Å². The maximum atomic E-state index is 13.2. The lowest BCUT2D eigenvalue weighted by Gasteiger charge is -2.21. The molecule has 0 saturated carbocycles. The van der Waals surface area contributed by atoms with E-state index in [1.54, 1.807) is 0 Å². The number of rotatable bonds is 2. The van der Waals surface area contributed by atoms with E-state index in [-0.39, 0.29) is 5.69 Å². The zero-order valence-electron chi connectivity index (χ0n) is 9.08. The highest BCUT2D eigenvalue weighted by molar-refractivity contribution is 5.94. The number of ether oxygens (including phenoxy) is 1. The largest absolute Gasteiger partial charge is 0.368 e. The molecule has 0 radical (unpaired) electrons. The fourth-order valence-corrected chi connectivity index (χ4v) is 1.67. The molecule has 4 nitrogen and oxygen atoms in total. The van der Waals surface area contributed by atoms with Crippen molar-refractivity contribution in [1.82, 2.24) is 4.98 Å². The van der Waals surface area contributed by atoms with Crippen molar-refractivity contribution in [3.63, 3.8) is 0 Å². The van der Waals surface area contributed by atoms with E-state index in [0.717, 1.165) is 25.0 Å². The smallest absolute Gasteiger partial charge is 0.253 e. The van der Waals surface area contributed by atoms with Crippen molar-refractivity contribution in [1.29, 1.82) is 0 Å². The minimum absolute atomic E-state index is 0.134. The molecule has 0 spiro atoms.